The molecule has 0 amide bonds. The summed E-state index contributed by atoms with van der Waals surface area (Å²) in [5.74, 6) is 0.636. The molecule has 1 aromatic carbocycles. The molecule has 0 radical (unpaired) electrons. The summed E-state index contributed by atoms with van der Waals surface area (Å²) >= 11 is 0. The van der Waals surface area contributed by atoms with Gasteiger partial charge in [0.2, 0.25) is 0 Å². The maximum atomic E-state index is 9.59. The summed E-state index contributed by atoms with van der Waals surface area (Å²) < 4.78 is 5.53. The normalized spacial score (nSPS) is 13.6. The summed E-state index contributed by atoms with van der Waals surface area (Å²) in [6, 6.07) is 5.65. The van der Waals surface area contributed by atoms with Crippen molar-refractivity contribution in [2.24, 2.45) is 0 Å². The quantitative estimate of drug-likeness (QED) is 0.824. The molecular weight excluding hydrogens is 204 g/mol. The smallest absolute Gasteiger partial charge is 0.125 e. The Kier molecular flexibility index (Phi) is 3.94. The molecule has 3 heteroatoms. The Morgan fingerprint density at radius 1 is 1.38 bits per heavy atom. The molecule has 0 fully saturated rings. The standard InChI is InChI=1S/C13H20O3/c1-9-5-6-11(10(2)14)12(7-9)16-8-13(3,4)15/h5-7,10,14-15H,8H2,1-4H3. The van der Waals surface area contributed by atoms with Crippen molar-refractivity contribution >= 4 is 0 Å². The fourth-order valence-corrected chi connectivity index (χ4v) is 1.37. The second-order valence-corrected chi connectivity index (χ2v) is 4.82. The SMILES string of the molecule is Cc1ccc(C(C)O)c(OCC(C)(C)O)c1. The highest BCUT2D eigenvalue weighted by Crippen LogP contribution is 2.26. The second kappa shape index (κ2) is 4.85. The molecule has 0 spiro atoms. The second-order valence-electron chi connectivity index (χ2n) is 4.82. The molecule has 0 aromatic heterocycles. The first kappa shape index (κ1) is 13.0. The topological polar surface area (TPSA) is 49.7 Å². The summed E-state index contributed by atoms with van der Waals surface area (Å²) in [4.78, 5) is 0. The lowest BCUT2D eigenvalue weighted by Gasteiger charge is -2.20. The first-order chi connectivity index (χ1) is 7.29. The van der Waals surface area contributed by atoms with Crippen molar-refractivity contribution in [2.45, 2.75) is 39.4 Å². The molecule has 1 aromatic rings. The predicted molar refractivity (Wildman–Crippen MR) is 63.6 cm³/mol. The fraction of sp³-hybridized carbons (Fsp3) is 0.538. The lowest BCUT2D eigenvalue weighted by Crippen LogP contribution is -2.28. The third-order valence-corrected chi connectivity index (χ3v) is 2.20. The van der Waals surface area contributed by atoms with E-state index in [4.69, 9.17) is 4.74 Å². The van der Waals surface area contributed by atoms with E-state index >= 15 is 0 Å². The number of aliphatic hydroxyl groups is 2. The molecule has 3 nitrogen and oxygen atoms in total. The highest BCUT2D eigenvalue weighted by atomic mass is 16.5. The Morgan fingerprint density at radius 2 is 2.00 bits per heavy atom. The summed E-state index contributed by atoms with van der Waals surface area (Å²) in [6.07, 6.45) is -0.572. The van der Waals surface area contributed by atoms with Gasteiger partial charge >= 0.3 is 0 Å². The van der Waals surface area contributed by atoms with Gasteiger partial charge in [-0.15, -0.1) is 0 Å². The van der Waals surface area contributed by atoms with E-state index in [1.54, 1.807) is 20.8 Å². The Hall–Kier alpha value is -1.06. The number of aryl methyl sites for hydroxylation is 1. The maximum absolute atomic E-state index is 9.59. The molecule has 0 aliphatic carbocycles. The van der Waals surface area contributed by atoms with E-state index in [0.29, 0.717) is 5.75 Å². The van der Waals surface area contributed by atoms with E-state index in [1.165, 1.54) is 0 Å². The molecule has 0 saturated heterocycles. The molecule has 1 unspecified atom stereocenters. The monoisotopic (exact) mass is 224 g/mol. The van der Waals surface area contributed by atoms with Gasteiger partial charge in [0.05, 0.1) is 11.7 Å². The van der Waals surface area contributed by atoms with Crippen LogP contribution >= 0.6 is 0 Å². The highest BCUT2D eigenvalue weighted by molar-refractivity contribution is 5.38. The van der Waals surface area contributed by atoms with Crippen LogP contribution in [0.1, 0.15) is 38.0 Å². The molecule has 1 atom stereocenters. The van der Waals surface area contributed by atoms with Gasteiger partial charge in [0.1, 0.15) is 12.4 Å². The van der Waals surface area contributed by atoms with Gasteiger partial charge in [-0.2, -0.15) is 0 Å². The lowest BCUT2D eigenvalue weighted by atomic mass is 10.1. The average Bonchev–Trinajstić information content (AvgIpc) is 2.13. The molecule has 0 heterocycles. The van der Waals surface area contributed by atoms with Crippen LogP contribution in [-0.2, 0) is 0 Å². The van der Waals surface area contributed by atoms with Gasteiger partial charge in [-0.1, -0.05) is 12.1 Å². The number of hydrogen-bond acceptors (Lipinski definition) is 3. The number of rotatable bonds is 4. The third kappa shape index (κ3) is 3.83. The highest BCUT2D eigenvalue weighted by Gasteiger charge is 2.16. The van der Waals surface area contributed by atoms with Crippen LogP contribution < -0.4 is 4.74 Å². The van der Waals surface area contributed by atoms with E-state index in [9.17, 15) is 10.2 Å². The Labute approximate surface area is 96.7 Å². The van der Waals surface area contributed by atoms with Gasteiger partial charge in [0.15, 0.2) is 0 Å². The minimum absolute atomic E-state index is 0.205. The van der Waals surface area contributed by atoms with Crippen molar-refractivity contribution in [1.82, 2.24) is 0 Å². The van der Waals surface area contributed by atoms with Crippen LogP contribution in [-0.4, -0.2) is 22.4 Å². The zero-order valence-corrected chi connectivity index (χ0v) is 10.3. The van der Waals surface area contributed by atoms with Crippen molar-refractivity contribution in [3.8, 4) is 5.75 Å². The van der Waals surface area contributed by atoms with Crippen LogP contribution in [0, 0.1) is 6.92 Å². The van der Waals surface area contributed by atoms with Crippen molar-refractivity contribution < 1.29 is 14.9 Å². The van der Waals surface area contributed by atoms with Crippen LogP contribution in [0.25, 0.3) is 0 Å². The maximum Gasteiger partial charge on any atom is 0.125 e. The summed E-state index contributed by atoms with van der Waals surface area (Å²) in [5, 5.41) is 19.2. The van der Waals surface area contributed by atoms with Crippen molar-refractivity contribution in [3.05, 3.63) is 29.3 Å². The minimum atomic E-state index is -0.875. The summed E-state index contributed by atoms with van der Waals surface area (Å²) in [5.41, 5.74) is 0.935. The van der Waals surface area contributed by atoms with Crippen LogP contribution in [0.4, 0.5) is 0 Å². The van der Waals surface area contributed by atoms with Gasteiger partial charge in [0, 0.05) is 5.56 Å². The van der Waals surface area contributed by atoms with Crippen LogP contribution in [0.3, 0.4) is 0 Å². The van der Waals surface area contributed by atoms with E-state index < -0.39 is 11.7 Å². The van der Waals surface area contributed by atoms with Gasteiger partial charge in [0.25, 0.3) is 0 Å². The zero-order chi connectivity index (χ0) is 12.3. The molecule has 2 N–H and O–H groups in total. The van der Waals surface area contributed by atoms with Gasteiger partial charge in [-0.05, 0) is 39.3 Å². The van der Waals surface area contributed by atoms with E-state index in [0.717, 1.165) is 11.1 Å². The van der Waals surface area contributed by atoms with E-state index in [2.05, 4.69) is 0 Å². The fourth-order valence-electron chi connectivity index (χ4n) is 1.37. The van der Waals surface area contributed by atoms with Gasteiger partial charge in [-0.25, -0.2) is 0 Å². The first-order valence-electron chi connectivity index (χ1n) is 5.43. The zero-order valence-electron chi connectivity index (χ0n) is 10.3. The molecular formula is C13H20O3. The lowest BCUT2D eigenvalue weighted by molar-refractivity contribution is 0.0272. The van der Waals surface area contributed by atoms with Gasteiger partial charge in [-0.3, -0.25) is 0 Å². The van der Waals surface area contributed by atoms with Crippen LogP contribution in [0.2, 0.25) is 0 Å². The predicted octanol–water partition coefficient (Wildman–Crippen LogP) is 2.20. The molecule has 0 aliphatic heterocycles. The number of ether oxygens (including phenoxy) is 1. The molecule has 16 heavy (non-hydrogen) atoms. The van der Waals surface area contributed by atoms with Crippen LogP contribution in [0.15, 0.2) is 18.2 Å². The van der Waals surface area contributed by atoms with Crippen molar-refractivity contribution in [2.75, 3.05) is 6.61 Å². The number of hydrogen-bond donors (Lipinski definition) is 2. The minimum Gasteiger partial charge on any atom is -0.490 e. The summed E-state index contributed by atoms with van der Waals surface area (Å²) in [7, 11) is 0. The summed E-state index contributed by atoms with van der Waals surface area (Å²) in [6.45, 7) is 7.23. The van der Waals surface area contributed by atoms with Crippen molar-refractivity contribution in [3.63, 3.8) is 0 Å². The Bertz CT molecular complexity index is 351. The molecule has 0 bridgehead atoms. The van der Waals surface area contributed by atoms with Crippen LogP contribution in [0.5, 0.6) is 5.75 Å². The van der Waals surface area contributed by atoms with Crippen molar-refractivity contribution in [1.29, 1.82) is 0 Å². The molecule has 0 saturated carbocycles. The molecule has 90 valence electrons. The number of aliphatic hydroxyl groups excluding tert-OH is 1. The largest absolute Gasteiger partial charge is 0.490 e. The molecule has 0 aliphatic rings. The molecule has 1 rings (SSSR count). The van der Waals surface area contributed by atoms with E-state index in [-0.39, 0.29) is 6.61 Å². The van der Waals surface area contributed by atoms with Gasteiger partial charge < -0.3 is 14.9 Å². The Morgan fingerprint density at radius 3 is 2.50 bits per heavy atom. The first-order valence-corrected chi connectivity index (χ1v) is 5.43. The average molecular weight is 224 g/mol. The third-order valence-electron chi connectivity index (χ3n) is 2.20. The number of benzene rings is 1. The Balaban J connectivity index is 2.88. The van der Waals surface area contributed by atoms with E-state index in [1.807, 2.05) is 25.1 Å².